The fourth-order valence-corrected chi connectivity index (χ4v) is 5.70. The van der Waals surface area contributed by atoms with Crippen LogP contribution in [0.15, 0.2) is 60.7 Å². The highest BCUT2D eigenvalue weighted by Gasteiger charge is 2.29. The number of rotatable bonds is 9. The fraction of sp³-hybridized carbons (Fsp3) is 0.400. The normalized spacial score (nSPS) is 13.0. The Morgan fingerprint density at radius 1 is 0.870 bits per heavy atom. The summed E-state index contributed by atoms with van der Waals surface area (Å²) in [6.07, 6.45) is 5.05. The quantitative estimate of drug-likeness (QED) is 0.549. The van der Waals surface area contributed by atoms with Gasteiger partial charge in [0.05, 0.1) is 6.10 Å². The highest BCUT2D eigenvalue weighted by atomic mass is 31.2. The van der Waals surface area contributed by atoms with Crippen LogP contribution >= 0.6 is 7.14 Å². The fourth-order valence-electron chi connectivity index (χ4n) is 2.89. The smallest absolute Gasteiger partial charge is 0.145 e. The van der Waals surface area contributed by atoms with Crippen molar-refractivity contribution in [2.75, 3.05) is 6.16 Å². The van der Waals surface area contributed by atoms with Crippen molar-refractivity contribution >= 4 is 17.8 Å². The van der Waals surface area contributed by atoms with Crippen LogP contribution in [0.4, 0.5) is 0 Å². The van der Waals surface area contributed by atoms with Crippen molar-refractivity contribution in [1.29, 1.82) is 0 Å². The van der Waals surface area contributed by atoms with Crippen molar-refractivity contribution in [3.63, 3.8) is 0 Å². The van der Waals surface area contributed by atoms with Gasteiger partial charge in [0.1, 0.15) is 7.14 Å². The van der Waals surface area contributed by atoms with Gasteiger partial charge in [-0.15, -0.1) is 0 Å². The molecule has 0 aliphatic heterocycles. The van der Waals surface area contributed by atoms with E-state index in [1.54, 1.807) is 0 Å². The second-order valence-electron chi connectivity index (χ2n) is 6.10. The summed E-state index contributed by atoms with van der Waals surface area (Å²) in [5.41, 5.74) is 0. The van der Waals surface area contributed by atoms with Crippen LogP contribution < -0.4 is 10.6 Å². The zero-order valence-corrected chi connectivity index (χ0v) is 14.8. The average Bonchev–Trinajstić information content (AvgIpc) is 2.60. The lowest BCUT2D eigenvalue weighted by atomic mass is 10.1. The molecule has 124 valence electrons. The molecule has 0 amide bonds. The summed E-state index contributed by atoms with van der Waals surface area (Å²) in [6.45, 7) is 2.18. The number of benzene rings is 2. The molecule has 0 bridgehead atoms. The minimum Gasteiger partial charge on any atom is -0.393 e. The Balaban J connectivity index is 2.17. The van der Waals surface area contributed by atoms with Crippen LogP contribution in [0.1, 0.15) is 39.0 Å². The average molecular weight is 330 g/mol. The van der Waals surface area contributed by atoms with Gasteiger partial charge >= 0.3 is 0 Å². The molecular weight excluding hydrogens is 303 g/mol. The third-order valence-electron chi connectivity index (χ3n) is 4.21. The summed E-state index contributed by atoms with van der Waals surface area (Å²) in [7, 11) is -2.79. The number of unbranched alkanes of at least 4 members (excludes halogenated alkanes) is 3. The van der Waals surface area contributed by atoms with E-state index in [9.17, 15) is 9.67 Å². The number of aliphatic hydroxyl groups excluding tert-OH is 1. The van der Waals surface area contributed by atoms with E-state index in [-0.39, 0.29) is 0 Å². The maximum Gasteiger partial charge on any atom is 0.145 e. The summed E-state index contributed by atoms with van der Waals surface area (Å²) in [5.74, 6) is 0. The molecule has 0 saturated heterocycles. The molecule has 0 fully saturated rings. The van der Waals surface area contributed by atoms with E-state index >= 15 is 0 Å². The van der Waals surface area contributed by atoms with Gasteiger partial charge in [0.2, 0.25) is 0 Å². The lowest BCUT2D eigenvalue weighted by Crippen LogP contribution is -2.25. The maximum absolute atomic E-state index is 13.8. The third-order valence-corrected chi connectivity index (χ3v) is 7.41. The van der Waals surface area contributed by atoms with Crippen LogP contribution in [0.25, 0.3) is 0 Å². The van der Waals surface area contributed by atoms with E-state index in [1.165, 1.54) is 12.8 Å². The van der Waals surface area contributed by atoms with E-state index in [4.69, 9.17) is 0 Å². The standard InChI is InChI=1S/C20H27O2P/c1-2-3-4-7-12-18(21)17-23(22,19-13-8-5-9-14-19)20-15-10-6-11-16-20/h5-6,8-11,13-16,18,21H,2-4,7,12,17H2,1H3/t18-/m1/s1. The van der Waals surface area contributed by atoms with Crippen LogP contribution in [0, 0.1) is 0 Å². The van der Waals surface area contributed by atoms with Gasteiger partial charge in [-0.1, -0.05) is 93.3 Å². The predicted molar refractivity (Wildman–Crippen MR) is 99.4 cm³/mol. The van der Waals surface area contributed by atoms with Crippen molar-refractivity contribution in [1.82, 2.24) is 0 Å². The molecule has 23 heavy (non-hydrogen) atoms. The van der Waals surface area contributed by atoms with Gasteiger partial charge in [0.25, 0.3) is 0 Å². The van der Waals surface area contributed by atoms with Gasteiger partial charge in [-0.3, -0.25) is 0 Å². The maximum atomic E-state index is 13.8. The Hall–Kier alpha value is -1.37. The molecule has 2 aromatic carbocycles. The van der Waals surface area contributed by atoms with Gasteiger partial charge in [-0.2, -0.15) is 0 Å². The molecule has 1 N–H and O–H groups in total. The summed E-state index contributed by atoms with van der Waals surface area (Å²) >= 11 is 0. The van der Waals surface area contributed by atoms with Crippen LogP contribution in [0.2, 0.25) is 0 Å². The summed E-state index contributed by atoms with van der Waals surface area (Å²) in [5, 5.41) is 12.1. The number of aliphatic hydroxyl groups is 1. The van der Waals surface area contributed by atoms with Gasteiger partial charge in [-0.05, 0) is 6.42 Å². The monoisotopic (exact) mass is 330 g/mol. The Morgan fingerprint density at radius 3 is 1.87 bits per heavy atom. The molecule has 0 spiro atoms. The lowest BCUT2D eigenvalue weighted by molar-refractivity contribution is 0.183. The molecule has 0 aliphatic rings. The lowest BCUT2D eigenvalue weighted by Gasteiger charge is -2.22. The first-order valence-electron chi connectivity index (χ1n) is 8.55. The van der Waals surface area contributed by atoms with Gasteiger partial charge in [0, 0.05) is 16.8 Å². The summed E-state index contributed by atoms with van der Waals surface area (Å²) in [4.78, 5) is 0. The second-order valence-corrected chi connectivity index (χ2v) is 8.97. The van der Waals surface area contributed by atoms with Crippen molar-refractivity contribution in [3.05, 3.63) is 60.7 Å². The van der Waals surface area contributed by atoms with Crippen LogP contribution in [0.3, 0.4) is 0 Å². The van der Waals surface area contributed by atoms with Crippen LogP contribution in [-0.2, 0) is 4.57 Å². The largest absolute Gasteiger partial charge is 0.393 e. The summed E-state index contributed by atoms with van der Waals surface area (Å²) < 4.78 is 13.8. The number of hydrogen-bond donors (Lipinski definition) is 1. The zero-order valence-electron chi connectivity index (χ0n) is 13.9. The van der Waals surface area contributed by atoms with Gasteiger partial charge in [-0.25, -0.2) is 0 Å². The van der Waals surface area contributed by atoms with Gasteiger partial charge in [0.15, 0.2) is 0 Å². The number of hydrogen-bond acceptors (Lipinski definition) is 2. The first-order chi connectivity index (χ1) is 11.2. The highest BCUT2D eigenvalue weighted by Crippen LogP contribution is 2.44. The molecule has 0 heterocycles. The first kappa shape index (κ1) is 18.0. The van der Waals surface area contributed by atoms with Crippen molar-refractivity contribution < 1.29 is 9.67 Å². The SMILES string of the molecule is CCCCCC[C@@H](O)CP(=O)(c1ccccc1)c1ccccc1. The molecule has 2 rings (SSSR count). The topological polar surface area (TPSA) is 37.3 Å². The summed E-state index contributed by atoms with van der Waals surface area (Å²) in [6, 6.07) is 19.2. The van der Waals surface area contributed by atoms with E-state index in [2.05, 4.69) is 6.92 Å². The molecular formula is C20H27O2P. The van der Waals surface area contributed by atoms with Crippen molar-refractivity contribution in [2.45, 2.75) is 45.1 Å². The molecule has 2 aromatic rings. The van der Waals surface area contributed by atoms with Crippen molar-refractivity contribution in [2.24, 2.45) is 0 Å². The van der Waals surface area contributed by atoms with Crippen LogP contribution in [0.5, 0.6) is 0 Å². The third kappa shape index (κ3) is 5.06. The first-order valence-corrected chi connectivity index (χ1v) is 10.4. The molecule has 0 aliphatic carbocycles. The molecule has 0 saturated carbocycles. The Labute approximate surface area is 139 Å². The van der Waals surface area contributed by atoms with E-state index in [0.717, 1.165) is 29.9 Å². The van der Waals surface area contributed by atoms with E-state index < -0.39 is 13.2 Å². The molecule has 1 atom stereocenters. The zero-order chi connectivity index (χ0) is 16.5. The molecule has 3 heteroatoms. The highest BCUT2D eigenvalue weighted by molar-refractivity contribution is 7.78. The van der Waals surface area contributed by atoms with E-state index in [1.807, 2.05) is 60.7 Å². The minimum absolute atomic E-state index is 0.327. The molecule has 0 aromatic heterocycles. The van der Waals surface area contributed by atoms with Crippen molar-refractivity contribution in [3.8, 4) is 0 Å². The van der Waals surface area contributed by atoms with E-state index in [0.29, 0.717) is 6.16 Å². The Bertz CT molecular complexity index is 567. The predicted octanol–water partition coefficient (Wildman–Crippen LogP) is 4.33. The molecule has 2 nitrogen and oxygen atoms in total. The molecule has 0 radical (unpaired) electrons. The Kier molecular flexibility index (Phi) is 7.08. The van der Waals surface area contributed by atoms with Gasteiger partial charge < -0.3 is 9.67 Å². The second kappa shape index (κ2) is 9.05. The van der Waals surface area contributed by atoms with Crippen LogP contribution in [-0.4, -0.2) is 17.4 Å². The Morgan fingerprint density at radius 2 is 1.39 bits per heavy atom. The molecule has 0 unspecified atom stereocenters. The minimum atomic E-state index is -2.79.